The van der Waals surface area contributed by atoms with Crippen molar-refractivity contribution in [3.8, 4) is 22.5 Å². The predicted molar refractivity (Wildman–Crippen MR) is 127 cm³/mol. The van der Waals surface area contributed by atoms with Crippen LogP contribution in [0.3, 0.4) is 0 Å². The molecular weight excluding hydrogens is 470 g/mol. The van der Waals surface area contributed by atoms with E-state index in [1.165, 1.54) is 30.3 Å². The van der Waals surface area contributed by atoms with Crippen LogP contribution in [0.15, 0.2) is 69.9 Å². The molecule has 0 unspecified atom stereocenters. The van der Waals surface area contributed by atoms with E-state index in [2.05, 4.69) is 5.32 Å². The lowest BCUT2D eigenvalue weighted by Crippen LogP contribution is -2.43. The third-order valence-electron chi connectivity index (χ3n) is 6.20. The van der Waals surface area contributed by atoms with Gasteiger partial charge in [0.1, 0.15) is 29.7 Å². The number of para-hydroxylation sites is 1. The Morgan fingerprint density at radius 1 is 0.944 bits per heavy atom. The highest BCUT2D eigenvalue weighted by molar-refractivity contribution is 6.08. The number of aliphatic hydroxyl groups is 3. The highest BCUT2D eigenvalue weighted by Crippen LogP contribution is 2.41. The maximum Gasteiger partial charge on any atom is 0.336 e. The number of rotatable bonds is 5. The van der Waals surface area contributed by atoms with Crippen LogP contribution in [0.25, 0.3) is 33.4 Å². The summed E-state index contributed by atoms with van der Waals surface area (Å²) in [5.41, 5.74) is 1.36. The van der Waals surface area contributed by atoms with Crippen LogP contribution in [-0.2, 0) is 4.74 Å². The molecule has 1 saturated heterocycles. The zero-order chi connectivity index (χ0) is 25.6. The van der Waals surface area contributed by atoms with Crippen molar-refractivity contribution >= 4 is 22.8 Å². The van der Waals surface area contributed by atoms with Crippen LogP contribution < -0.4 is 10.7 Å². The lowest BCUT2D eigenvalue weighted by Gasteiger charge is -2.18. The molecule has 10 heteroatoms. The molecule has 5 rings (SSSR count). The van der Waals surface area contributed by atoms with Crippen molar-refractivity contribution in [3.63, 3.8) is 0 Å². The van der Waals surface area contributed by atoms with Gasteiger partial charge < -0.3 is 34.9 Å². The first kappa shape index (κ1) is 23.6. The van der Waals surface area contributed by atoms with E-state index in [1.54, 1.807) is 30.3 Å². The molecule has 0 aromatic heterocycles. The Morgan fingerprint density at radius 2 is 1.69 bits per heavy atom. The van der Waals surface area contributed by atoms with Gasteiger partial charge in [-0.1, -0.05) is 24.3 Å². The summed E-state index contributed by atoms with van der Waals surface area (Å²) in [5.74, 6) is -1.74. The molecule has 36 heavy (non-hydrogen) atoms. The molecule has 2 aromatic carbocycles. The van der Waals surface area contributed by atoms with Crippen LogP contribution in [-0.4, -0.2) is 63.4 Å². The fraction of sp³-hybridized carbons (Fsp3) is 0.192. The number of ether oxygens (including phenoxy) is 1. The van der Waals surface area contributed by atoms with Crippen molar-refractivity contribution in [2.45, 2.75) is 24.5 Å². The van der Waals surface area contributed by atoms with Crippen molar-refractivity contribution in [2.75, 3.05) is 6.61 Å². The van der Waals surface area contributed by atoms with Gasteiger partial charge in [-0.15, -0.1) is 0 Å². The number of carbonyl (C=O) groups excluding carboxylic acids is 1. The Kier molecular flexibility index (Phi) is 6.02. The molecule has 2 aromatic rings. The van der Waals surface area contributed by atoms with Crippen molar-refractivity contribution < 1.29 is 39.2 Å². The zero-order valence-corrected chi connectivity index (χ0v) is 18.6. The maximum atomic E-state index is 12.8. The average molecular weight is 491 g/mol. The largest absolute Gasteiger partial charge is 0.478 e. The zero-order valence-electron chi connectivity index (χ0n) is 18.6. The Balaban J connectivity index is 1.59. The normalized spacial score (nSPS) is 21.6. The first-order valence-corrected chi connectivity index (χ1v) is 11.0. The first-order valence-electron chi connectivity index (χ1n) is 11.0. The molecule has 10 nitrogen and oxygen atoms in total. The summed E-state index contributed by atoms with van der Waals surface area (Å²) in [6, 6.07) is 15.4. The number of amides is 1. The minimum absolute atomic E-state index is 0.0232. The van der Waals surface area contributed by atoms with Crippen LogP contribution in [0, 0.1) is 0 Å². The molecule has 5 N–H and O–H groups in total. The molecule has 3 aliphatic rings. The molecule has 1 aliphatic carbocycles. The summed E-state index contributed by atoms with van der Waals surface area (Å²) in [6.07, 6.45) is -5.22. The van der Waals surface area contributed by atoms with Gasteiger partial charge in [0, 0.05) is 28.1 Å². The Bertz CT molecular complexity index is 1510. The first-order chi connectivity index (χ1) is 17.3. The molecule has 1 amide bonds. The van der Waals surface area contributed by atoms with Crippen LogP contribution in [0.1, 0.15) is 20.7 Å². The van der Waals surface area contributed by atoms with Crippen molar-refractivity contribution in [1.29, 1.82) is 0 Å². The second kappa shape index (κ2) is 9.17. The van der Waals surface area contributed by atoms with E-state index in [0.717, 1.165) is 0 Å². The number of hydrogen-bond acceptors (Lipinski definition) is 8. The molecule has 0 radical (unpaired) electrons. The van der Waals surface area contributed by atoms with Crippen LogP contribution in [0.4, 0.5) is 0 Å². The number of carboxylic acids is 1. The van der Waals surface area contributed by atoms with Crippen molar-refractivity contribution in [3.05, 3.63) is 82.0 Å². The third-order valence-corrected chi connectivity index (χ3v) is 6.20. The van der Waals surface area contributed by atoms with Gasteiger partial charge in [-0.2, -0.15) is 0 Å². The number of benzene rings is 3. The molecule has 0 bridgehead atoms. The minimum Gasteiger partial charge on any atom is -0.478 e. The summed E-state index contributed by atoms with van der Waals surface area (Å²) >= 11 is 0. The van der Waals surface area contributed by atoms with Crippen molar-refractivity contribution in [1.82, 2.24) is 5.32 Å². The van der Waals surface area contributed by atoms with Gasteiger partial charge in [0.15, 0.2) is 11.7 Å². The highest BCUT2D eigenvalue weighted by Gasteiger charge is 2.43. The Morgan fingerprint density at radius 3 is 2.42 bits per heavy atom. The number of carbonyl (C=O) groups is 2. The van der Waals surface area contributed by atoms with Crippen LogP contribution in [0.5, 0.6) is 0 Å². The van der Waals surface area contributed by atoms with Gasteiger partial charge in [-0.05, 0) is 35.9 Å². The predicted octanol–water partition coefficient (Wildman–Crippen LogP) is 1.43. The molecule has 2 heterocycles. The third kappa shape index (κ3) is 4.01. The van der Waals surface area contributed by atoms with Crippen molar-refractivity contribution in [2.24, 2.45) is 0 Å². The van der Waals surface area contributed by atoms with Crippen LogP contribution in [0.2, 0.25) is 0 Å². The number of aromatic carboxylic acids is 1. The molecule has 1 fully saturated rings. The quantitative estimate of drug-likeness (QED) is 0.260. The summed E-state index contributed by atoms with van der Waals surface area (Å²) in [5, 5.41) is 42.2. The van der Waals surface area contributed by atoms with E-state index >= 15 is 0 Å². The Labute approximate surface area is 203 Å². The van der Waals surface area contributed by atoms with E-state index in [9.17, 15) is 34.8 Å². The van der Waals surface area contributed by atoms with Gasteiger partial charge in [-0.3, -0.25) is 9.59 Å². The van der Waals surface area contributed by atoms with E-state index in [1.807, 2.05) is 0 Å². The number of aliphatic hydroxyl groups excluding tert-OH is 3. The lowest BCUT2D eigenvalue weighted by molar-refractivity contribution is -0.0304. The number of hydrogen-bond donors (Lipinski definition) is 5. The minimum atomic E-state index is -1.47. The summed E-state index contributed by atoms with van der Waals surface area (Å²) in [7, 11) is 0. The van der Waals surface area contributed by atoms with Gasteiger partial charge in [0.2, 0.25) is 0 Å². The maximum absolute atomic E-state index is 12.8. The summed E-state index contributed by atoms with van der Waals surface area (Å²) in [6.45, 7) is -0.554. The smallest absolute Gasteiger partial charge is 0.336 e. The molecule has 4 atom stereocenters. The molecule has 184 valence electrons. The van der Waals surface area contributed by atoms with E-state index < -0.39 is 43.0 Å². The summed E-state index contributed by atoms with van der Waals surface area (Å²) < 4.78 is 11.1. The standard InChI is InChI=1S/C26H21NO9/c28-11-20-22(30)23(31)25(36-20)27-24(32)12-5-7-14(17(9-12)26(33)34)21-15-3-1-2-4-18(15)35-19-10-13(29)6-8-16(19)21/h1-10,20,22-23,25,28,30-31H,11H2,(H,27,32)(H,33,34)/t20-,22-,23-,25-/m1/s1. The fourth-order valence-electron chi connectivity index (χ4n) is 4.42. The van der Waals surface area contributed by atoms with E-state index in [-0.39, 0.29) is 16.6 Å². The fourth-order valence-corrected chi connectivity index (χ4v) is 4.42. The van der Waals surface area contributed by atoms with Gasteiger partial charge in [0.05, 0.1) is 12.2 Å². The summed E-state index contributed by atoms with van der Waals surface area (Å²) in [4.78, 5) is 37.1. The van der Waals surface area contributed by atoms with Gasteiger partial charge >= 0.3 is 5.97 Å². The molecular formula is C26H21NO9. The number of fused-ring (bicyclic) bond motifs is 2. The number of carboxylic acid groups (broad SMARTS) is 1. The Hall–Kier alpha value is -4.09. The van der Waals surface area contributed by atoms with E-state index in [0.29, 0.717) is 33.4 Å². The SMILES string of the molecule is O=C(N[C@@H]1O[C@H](CO)[C@@H](O)[C@H]1O)c1ccc(-c2c3ccc(=O)cc-3oc3ccccc23)c(C(=O)O)c1. The molecule has 0 spiro atoms. The average Bonchev–Trinajstić information content (AvgIpc) is 3.14. The second-order valence-corrected chi connectivity index (χ2v) is 8.43. The monoisotopic (exact) mass is 491 g/mol. The van der Waals surface area contributed by atoms with E-state index in [4.69, 9.17) is 9.15 Å². The number of nitrogens with one attached hydrogen (secondary N) is 1. The molecule has 0 saturated carbocycles. The molecule has 2 aliphatic heterocycles. The van der Waals surface area contributed by atoms with Gasteiger partial charge in [0.25, 0.3) is 5.91 Å². The lowest BCUT2D eigenvalue weighted by atomic mass is 9.90. The second-order valence-electron chi connectivity index (χ2n) is 8.43. The van der Waals surface area contributed by atoms with Gasteiger partial charge in [-0.25, -0.2) is 4.79 Å². The van der Waals surface area contributed by atoms with Crippen LogP contribution >= 0.6 is 0 Å². The highest BCUT2D eigenvalue weighted by atomic mass is 16.6. The topological polar surface area (TPSA) is 167 Å².